The van der Waals surface area contributed by atoms with Crippen LogP contribution < -0.4 is 10.6 Å². The molecule has 3 rings (SSSR count). The Morgan fingerprint density at radius 3 is 1.54 bits per heavy atom. The Kier molecular flexibility index (Phi) is 6.06. The van der Waals surface area contributed by atoms with Crippen LogP contribution in [-0.2, 0) is 13.1 Å². The van der Waals surface area contributed by atoms with Crippen molar-refractivity contribution in [2.75, 3.05) is 0 Å². The Morgan fingerprint density at radius 1 is 0.708 bits per heavy atom. The zero-order chi connectivity index (χ0) is 16.8. The fourth-order valence-corrected chi connectivity index (χ4v) is 3.72. The highest BCUT2D eigenvalue weighted by Gasteiger charge is 2.24. The average Bonchev–Trinajstić information content (AvgIpc) is 2.61. The van der Waals surface area contributed by atoms with Crippen molar-refractivity contribution in [1.82, 2.24) is 10.6 Å². The quantitative estimate of drug-likeness (QED) is 0.818. The molecule has 0 aliphatic heterocycles. The van der Waals surface area contributed by atoms with Crippen molar-refractivity contribution in [3.63, 3.8) is 0 Å². The highest BCUT2D eigenvalue weighted by atomic mass is 15.0. The Bertz CT molecular complexity index is 592. The summed E-state index contributed by atoms with van der Waals surface area (Å²) in [5, 5.41) is 7.63. The zero-order valence-electron chi connectivity index (χ0n) is 15.0. The number of aryl methyl sites for hydroxylation is 2. The molecular formula is C22H30N2. The molecule has 0 unspecified atom stereocenters. The third kappa shape index (κ3) is 4.46. The van der Waals surface area contributed by atoms with Crippen LogP contribution in [0.15, 0.2) is 48.5 Å². The molecule has 1 fully saturated rings. The van der Waals surface area contributed by atoms with Gasteiger partial charge in [0.05, 0.1) is 0 Å². The van der Waals surface area contributed by atoms with Gasteiger partial charge in [0.15, 0.2) is 0 Å². The fourth-order valence-electron chi connectivity index (χ4n) is 3.72. The van der Waals surface area contributed by atoms with E-state index in [2.05, 4.69) is 73.0 Å². The fraction of sp³-hybridized carbons (Fsp3) is 0.455. The van der Waals surface area contributed by atoms with E-state index in [0.29, 0.717) is 12.1 Å². The van der Waals surface area contributed by atoms with Crippen LogP contribution in [-0.4, -0.2) is 12.1 Å². The number of rotatable bonds is 6. The first kappa shape index (κ1) is 17.2. The first-order valence-corrected chi connectivity index (χ1v) is 9.30. The van der Waals surface area contributed by atoms with E-state index < -0.39 is 0 Å². The lowest BCUT2D eigenvalue weighted by molar-refractivity contribution is 0.281. The molecule has 2 heteroatoms. The normalized spacial score (nSPS) is 20.9. The summed E-state index contributed by atoms with van der Waals surface area (Å²) >= 11 is 0. The third-order valence-electron chi connectivity index (χ3n) is 5.40. The highest BCUT2D eigenvalue weighted by Crippen LogP contribution is 2.20. The molecule has 0 aromatic heterocycles. The lowest BCUT2D eigenvalue weighted by Gasteiger charge is -2.33. The summed E-state index contributed by atoms with van der Waals surface area (Å²) in [6.07, 6.45) is 5.23. The standard InChI is InChI=1S/C22H30N2/c1-17-9-3-5-11-19(17)15-23-21-13-7-8-14-22(21)24-16-20-12-6-4-10-18(20)2/h3-6,9-12,21-24H,7-8,13-16H2,1-2H3/t21-,22-/m0/s1. The van der Waals surface area contributed by atoms with Gasteiger partial charge in [0.1, 0.15) is 0 Å². The minimum Gasteiger partial charge on any atom is -0.308 e. The Balaban J connectivity index is 1.57. The molecule has 24 heavy (non-hydrogen) atoms. The second kappa shape index (κ2) is 8.46. The molecule has 2 aromatic rings. The Labute approximate surface area is 146 Å². The van der Waals surface area contributed by atoms with E-state index in [4.69, 9.17) is 0 Å². The van der Waals surface area contributed by atoms with E-state index in [-0.39, 0.29) is 0 Å². The molecule has 0 amide bonds. The second-order valence-corrected chi connectivity index (χ2v) is 7.11. The van der Waals surface area contributed by atoms with Gasteiger partial charge in [0.2, 0.25) is 0 Å². The van der Waals surface area contributed by atoms with Gasteiger partial charge in [-0.05, 0) is 48.9 Å². The molecule has 1 saturated carbocycles. The van der Waals surface area contributed by atoms with Crippen LogP contribution in [0.2, 0.25) is 0 Å². The monoisotopic (exact) mass is 322 g/mol. The molecule has 2 atom stereocenters. The Hall–Kier alpha value is -1.64. The van der Waals surface area contributed by atoms with E-state index in [1.54, 1.807) is 0 Å². The maximum Gasteiger partial charge on any atom is 0.0224 e. The van der Waals surface area contributed by atoms with Gasteiger partial charge in [0, 0.05) is 25.2 Å². The van der Waals surface area contributed by atoms with E-state index in [9.17, 15) is 0 Å². The molecule has 0 radical (unpaired) electrons. The van der Waals surface area contributed by atoms with Gasteiger partial charge >= 0.3 is 0 Å². The molecule has 2 nitrogen and oxygen atoms in total. The van der Waals surface area contributed by atoms with Crippen molar-refractivity contribution in [2.24, 2.45) is 0 Å². The summed E-state index contributed by atoms with van der Waals surface area (Å²) in [6, 6.07) is 18.5. The zero-order valence-corrected chi connectivity index (χ0v) is 15.0. The van der Waals surface area contributed by atoms with Gasteiger partial charge in [-0.2, -0.15) is 0 Å². The minimum absolute atomic E-state index is 0.572. The predicted octanol–water partition coefficient (Wildman–Crippen LogP) is 4.49. The van der Waals surface area contributed by atoms with Gasteiger partial charge in [0.25, 0.3) is 0 Å². The maximum atomic E-state index is 3.82. The number of nitrogens with one attached hydrogen (secondary N) is 2. The summed E-state index contributed by atoms with van der Waals surface area (Å²) < 4.78 is 0. The molecule has 0 saturated heterocycles. The lowest BCUT2D eigenvalue weighted by Crippen LogP contribution is -2.49. The largest absolute Gasteiger partial charge is 0.308 e. The minimum atomic E-state index is 0.572. The summed E-state index contributed by atoms with van der Waals surface area (Å²) in [7, 11) is 0. The SMILES string of the molecule is Cc1ccccc1CN[C@H]1CCCC[C@@H]1NCc1ccccc1C. The molecule has 2 aromatic carbocycles. The van der Waals surface area contributed by atoms with Crippen LogP contribution in [0, 0.1) is 13.8 Å². The van der Waals surface area contributed by atoms with Crippen molar-refractivity contribution >= 4 is 0 Å². The van der Waals surface area contributed by atoms with Crippen LogP contribution in [0.25, 0.3) is 0 Å². The van der Waals surface area contributed by atoms with Crippen molar-refractivity contribution in [3.05, 3.63) is 70.8 Å². The molecule has 0 bridgehead atoms. The summed E-state index contributed by atoms with van der Waals surface area (Å²) in [4.78, 5) is 0. The van der Waals surface area contributed by atoms with Gasteiger partial charge in [-0.15, -0.1) is 0 Å². The third-order valence-corrected chi connectivity index (χ3v) is 5.40. The van der Waals surface area contributed by atoms with E-state index >= 15 is 0 Å². The van der Waals surface area contributed by atoms with Crippen molar-refractivity contribution < 1.29 is 0 Å². The van der Waals surface area contributed by atoms with Crippen LogP contribution in [0.1, 0.15) is 47.9 Å². The topological polar surface area (TPSA) is 24.1 Å². The lowest BCUT2D eigenvalue weighted by atomic mass is 9.89. The number of hydrogen-bond donors (Lipinski definition) is 2. The first-order valence-electron chi connectivity index (χ1n) is 9.30. The van der Waals surface area contributed by atoms with E-state index in [1.165, 1.54) is 47.9 Å². The van der Waals surface area contributed by atoms with Crippen LogP contribution in [0.4, 0.5) is 0 Å². The number of hydrogen-bond acceptors (Lipinski definition) is 2. The Morgan fingerprint density at radius 2 is 1.12 bits per heavy atom. The maximum absolute atomic E-state index is 3.82. The first-order chi connectivity index (χ1) is 11.7. The molecule has 128 valence electrons. The smallest absolute Gasteiger partial charge is 0.0224 e. The summed E-state index contributed by atoms with van der Waals surface area (Å²) in [6.45, 7) is 6.34. The van der Waals surface area contributed by atoms with Crippen LogP contribution in [0.5, 0.6) is 0 Å². The van der Waals surface area contributed by atoms with Gasteiger partial charge < -0.3 is 10.6 Å². The van der Waals surface area contributed by atoms with Crippen LogP contribution >= 0.6 is 0 Å². The second-order valence-electron chi connectivity index (χ2n) is 7.11. The van der Waals surface area contributed by atoms with E-state index in [0.717, 1.165) is 13.1 Å². The molecule has 1 aliphatic carbocycles. The van der Waals surface area contributed by atoms with Crippen LogP contribution in [0.3, 0.4) is 0 Å². The van der Waals surface area contributed by atoms with Crippen molar-refractivity contribution in [1.29, 1.82) is 0 Å². The van der Waals surface area contributed by atoms with Gasteiger partial charge in [-0.25, -0.2) is 0 Å². The summed E-state index contributed by atoms with van der Waals surface area (Å²) in [5.41, 5.74) is 5.59. The molecule has 2 N–H and O–H groups in total. The van der Waals surface area contributed by atoms with E-state index in [1.807, 2.05) is 0 Å². The summed E-state index contributed by atoms with van der Waals surface area (Å²) in [5.74, 6) is 0. The van der Waals surface area contributed by atoms with Gasteiger partial charge in [-0.3, -0.25) is 0 Å². The van der Waals surface area contributed by atoms with Crippen molar-refractivity contribution in [2.45, 2.75) is 64.7 Å². The molecule has 1 aliphatic rings. The predicted molar refractivity (Wildman–Crippen MR) is 102 cm³/mol. The molecule has 0 spiro atoms. The number of benzene rings is 2. The molecule has 0 heterocycles. The highest BCUT2D eigenvalue weighted by molar-refractivity contribution is 5.26. The molecular weight excluding hydrogens is 292 g/mol. The van der Waals surface area contributed by atoms with Crippen molar-refractivity contribution in [3.8, 4) is 0 Å². The average molecular weight is 322 g/mol. The van der Waals surface area contributed by atoms with Gasteiger partial charge in [-0.1, -0.05) is 61.4 Å².